The van der Waals surface area contributed by atoms with Crippen molar-refractivity contribution in [2.75, 3.05) is 19.6 Å². The average molecular weight is 247 g/mol. The lowest BCUT2D eigenvalue weighted by atomic mass is 10.0. The molecule has 1 heteroatoms. The van der Waals surface area contributed by atoms with Gasteiger partial charge in [-0.3, -0.25) is 0 Å². The Balaban J connectivity index is 2.07. The lowest BCUT2D eigenvalue weighted by Crippen LogP contribution is -2.23. The molecule has 0 aliphatic carbocycles. The molecule has 0 saturated carbocycles. The summed E-state index contributed by atoms with van der Waals surface area (Å²) in [6, 6.07) is 8.77. The van der Waals surface area contributed by atoms with Gasteiger partial charge in [0, 0.05) is 0 Å². The van der Waals surface area contributed by atoms with Crippen LogP contribution in [-0.2, 0) is 6.42 Å². The molecule has 0 bridgehead atoms. The topological polar surface area (TPSA) is 3.24 Å². The maximum absolute atomic E-state index is 2.52. The maximum Gasteiger partial charge on any atom is -0.00190 e. The molecular weight excluding hydrogens is 218 g/mol. The predicted octanol–water partition coefficient (Wildman–Crippen LogP) is 4.44. The van der Waals surface area contributed by atoms with Crippen molar-refractivity contribution in [3.8, 4) is 0 Å². The molecule has 1 aromatic carbocycles. The Morgan fingerprint density at radius 2 is 1.56 bits per heavy atom. The van der Waals surface area contributed by atoms with Gasteiger partial charge < -0.3 is 4.90 Å². The van der Waals surface area contributed by atoms with Crippen LogP contribution in [0.25, 0.3) is 0 Å². The molecule has 0 spiro atoms. The standard InChI is InChI=1S/C17H29N/c1-4-18(5-2)15-11-7-6-8-13-17-14-10-9-12-16(17)3/h9-10,12,14H,4-8,11,13,15H2,1-3H3. The van der Waals surface area contributed by atoms with Gasteiger partial charge in [-0.2, -0.15) is 0 Å². The second kappa shape index (κ2) is 9.16. The first-order chi connectivity index (χ1) is 8.77. The summed E-state index contributed by atoms with van der Waals surface area (Å²) in [5.74, 6) is 0. The largest absolute Gasteiger partial charge is 0.304 e. The van der Waals surface area contributed by atoms with Gasteiger partial charge in [-0.1, -0.05) is 51.0 Å². The number of hydrogen-bond donors (Lipinski definition) is 0. The van der Waals surface area contributed by atoms with Crippen LogP contribution in [0.15, 0.2) is 24.3 Å². The summed E-state index contributed by atoms with van der Waals surface area (Å²) in [6.07, 6.45) is 6.69. The van der Waals surface area contributed by atoms with Gasteiger partial charge in [-0.15, -0.1) is 0 Å². The van der Waals surface area contributed by atoms with Crippen molar-refractivity contribution in [3.63, 3.8) is 0 Å². The van der Waals surface area contributed by atoms with E-state index in [2.05, 4.69) is 49.9 Å². The molecular formula is C17H29N. The highest BCUT2D eigenvalue weighted by Gasteiger charge is 1.99. The van der Waals surface area contributed by atoms with Gasteiger partial charge in [0.1, 0.15) is 0 Å². The summed E-state index contributed by atoms with van der Waals surface area (Å²) in [5.41, 5.74) is 2.97. The third-order valence-electron chi connectivity index (χ3n) is 3.83. The second-order valence-electron chi connectivity index (χ2n) is 5.12. The van der Waals surface area contributed by atoms with Gasteiger partial charge >= 0.3 is 0 Å². The third-order valence-corrected chi connectivity index (χ3v) is 3.83. The van der Waals surface area contributed by atoms with Crippen LogP contribution >= 0.6 is 0 Å². The van der Waals surface area contributed by atoms with Gasteiger partial charge in [0.2, 0.25) is 0 Å². The van der Waals surface area contributed by atoms with E-state index in [1.807, 2.05) is 0 Å². The molecule has 0 atom stereocenters. The van der Waals surface area contributed by atoms with E-state index >= 15 is 0 Å². The summed E-state index contributed by atoms with van der Waals surface area (Å²) in [6.45, 7) is 10.4. The van der Waals surface area contributed by atoms with E-state index in [0.29, 0.717) is 0 Å². The molecule has 0 saturated heterocycles. The molecule has 1 nitrogen and oxygen atoms in total. The summed E-state index contributed by atoms with van der Waals surface area (Å²) in [5, 5.41) is 0. The van der Waals surface area contributed by atoms with Crippen LogP contribution in [0.5, 0.6) is 0 Å². The molecule has 0 aliphatic heterocycles. The Hall–Kier alpha value is -0.820. The van der Waals surface area contributed by atoms with Crippen LogP contribution < -0.4 is 0 Å². The van der Waals surface area contributed by atoms with Gasteiger partial charge in [-0.25, -0.2) is 0 Å². The van der Waals surface area contributed by atoms with E-state index < -0.39 is 0 Å². The molecule has 0 amide bonds. The minimum absolute atomic E-state index is 1.19. The SMILES string of the molecule is CCN(CC)CCCCCCc1ccccc1C. The first kappa shape index (κ1) is 15.2. The van der Waals surface area contributed by atoms with Crippen molar-refractivity contribution < 1.29 is 0 Å². The highest BCUT2D eigenvalue weighted by atomic mass is 15.1. The lowest BCUT2D eigenvalue weighted by molar-refractivity contribution is 0.295. The molecule has 1 aromatic rings. The second-order valence-corrected chi connectivity index (χ2v) is 5.12. The highest BCUT2D eigenvalue weighted by Crippen LogP contribution is 2.12. The van der Waals surface area contributed by atoms with Crippen molar-refractivity contribution in [1.29, 1.82) is 0 Å². The minimum Gasteiger partial charge on any atom is -0.304 e. The molecule has 0 heterocycles. The van der Waals surface area contributed by atoms with E-state index in [1.54, 1.807) is 0 Å². The van der Waals surface area contributed by atoms with E-state index in [9.17, 15) is 0 Å². The third kappa shape index (κ3) is 5.68. The quantitative estimate of drug-likeness (QED) is 0.583. The molecule has 0 aromatic heterocycles. The van der Waals surface area contributed by atoms with E-state index in [-0.39, 0.29) is 0 Å². The summed E-state index contributed by atoms with van der Waals surface area (Å²) in [7, 11) is 0. The molecule has 0 radical (unpaired) electrons. The van der Waals surface area contributed by atoms with Crippen molar-refractivity contribution in [3.05, 3.63) is 35.4 Å². The fourth-order valence-corrected chi connectivity index (χ4v) is 2.43. The molecule has 0 unspecified atom stereocenters. The molecule has 0 fully saturated rings. The number of hydrogen-bond acceptors (Lipinski definition) is 1. The zero-order valence-corrected chi connectivity index (χ0v) is 12.4. The molecule has 102 valence electrons. The van der Waals surface area contributed by atoms with E-state index in [0.717, 1.165) is 0 Å². The van der Waals surface area contributed by atoms with Gasteiger partial charge in [0.25, 0.3) is 0 Å². The lowest BCUT2D eigenvalue weighted by Gasteiger charge is -2.17. The minimum atomic E-state index is 1.19. The van der Waals surface area contributed by atoms with Crippen molar-refractivity contribution in [2.24, 2.45) is 0 Å². The Kier molecular flexibility index (Phi) is 7.75. The van der Waals surface area contributed by atoms with Crippen molar-refractivity contribution in [1.82, 2.24) is 4.90 Å². The van der Waals surface area contributed by atoms with Crippen LogP contribution in [0.2, 0.25) is 0 Å². The Morgan fingerprint density at radius 1 is 0.889 bits per heavy atom. The van der Waals surface area contributed by atoms with Crippen molar-refractivity contribution >= 4 is 0 Å². The average Bonchev–Trinajstić information content (AvgIpc) is 2.40. The molecule has 1 rings (SSSR count). The van der Waals surface area contributed by atoms with Crippen molar-refractivity contribution in [2.45, 2.75) is 52.9 Å². The Bertz CT molecular complexity index is 315. The summed E-state index contributed by atoms with van der Waals surface area (Å²) < 4.78 is 0. The number of unbranched alkanes of at least 4 members (excludes halogenated alkanes) is 3. The number of rotatable bonds is 9. The number of benzene rings is 1. The van der Waals surface area contributed by atoms with Crippen LogP contribution in [0.3, 0.4) is 0 Å². The van der Waals surface area contributed by atoms with E-state index in [4.69, 9.17) is 0 Å². The first-order valence-electron chi connectivity index (χ1n) is 7.54. The highest BCUT2D eigenvalue weighted by molar-refractivity contribution is 5.25. The zero-order valence-electron chi connectivity index (χ0n) is 12.4. The fraction of sp³-hybridized carbons (Fsp3) is 0.647. The molecule has 18 heavy (non-hydrogen) atoms. The monoisotopic (exact) mass is 247 g/mol. The van der Waals surface area contributed by atoms with Gasteiger partial charge in [0.15, 0.2) is 0 Å². The Labute approximate surface area is 113 Å². The molecule has 0 aliphatic rings. The smallest absolute Gasteiger partial charge is 0.00190 e. The molecule has 0 N–H and O–H groups in total. The van der Waals surface area contributed by atoms with Gasteiger partial charge in [-0.05, 0) is 56.9 Å². The van der Waals surface area contributed by atoms with Crippen LogP contribution in [0.4, 0.5) is 0 Å². The van der Waals surface area contributed by atoms with Crippen LogP contribution in [0, 0.1) is 6.92 Å². The normalized spacial score (nSPS) is 11.1. The number of nitrogens with zero attached hydrogens (tertiary/aromatic N) is 1. The predicted molar refractivity (Wildman–Crippen MR) is 81.1 cm³/mol. The maximum atomic E-state index is 2.52. The summed E-state index contributed by atoms with van der Waals surface area (Å²) >= 11 is 0. The number of aryl methyl sites for hydroxylation is 2. The van der Waals surface area contributed by atoms with E-state index in [1.165, 1.54) is 62.9 Å². The zero-order chi connectivity index (χ0) is 13.2. The fourth-order valence-electron chi connectivity index (χ4n) is 2.43. The Morgan fingerprint density at radius 3 is 2.22 bits per heavy atom. The van der Waals surface area contributed by atoms with Crippen LogP contribution in [0.1, 0.15) is 50.7 Å². The first-order valence-corrected chi connectivity index (χ1v) is 7.54. The van der Waals surface area contributed by atoms with Gasteiger partial charge in [0.05, 0.1) is 0 Å². The van der Waals surface area contributed by atoms with Crippen LogP contribution in [-0.4, -0.2) is 24.5 Å². The summed E-state index contributed by atoms with van der Waals surface area (Å²) in [4.78, 5) is 2.52.